The third-order valence-electron chi connectivity index (χ3n) is 6.00. The van der Waals surface area contributed by atoms with Gasteiger partial charge in [-0.05, 0) is 36.6 Å². The van der Waals surface area contributed by atoms with Crippen molar-refractivity contribution in [1.82, 2.24) is 14.8 Å². The molecule has 33 heavy (non-hydrogen) atoms. The van der Waals surface area contributed by atoms with Crippen LogP contribution in [0.25, 0.3) is 11.1 Å². The van der Waals surface area contributed by atoms with E-state index in [9.17, 15) is 19.1 Å². The zero-order chi connectivity index (χ0) is 23.4. The average molecular weight is 448 g/mol. The van der Waals surface area contributed by atoms with Gasteiger partial charge in [0, 0.05) is 37.9 Å². The van der Waals surface area contributed by atoms with Crippen molar-refractivity contribution in [2.75, 3.05) is 26.2 Å². The Labute approximate surface area is 192 Å². The molecule has 1 aliphatic heterocycles. The molecule has 2 aromatic carbocycles. The summed E-state index contributed by atoms with van der Waals surface area (Å²) in [7, 11) is 0. The van der Waals surface area contributed by atoms with Crippen LogP contribution in [0.3, 0.4) is 0 Å². The van der Waals surface area contributed by atoms with Crippen LogP contribution < -0.4 is 0 Å². The van der Waals surface area contributed by atoms with Crippen LogP contribution in [0.1, 0.15) is 22.8 Å². The molecule has 6 nitrogen and oxygen atoms in total. The van der Waals surface area contributed by atoms with Crippen molar-refractivity contribution >= 4 is 11.8 Å². The minimum Gasteiger partial charge on any atom is -0.506 e. The van der Waals surface area contributed by atoms with E-state index < -0.39 is 5.92 Å². The molecule has 0 saturated carbocycles. The van der Waals surface area contributed by atoms with E-state index in [1.165, 1.54) is 24.5 Å². The van der Waals surface area contributed by atoms with Crippen molar-refractivity contribution in [2.24, 2.45) is 5.92 Å². The number of carbonyl (C=O) groups is 2. The number of amides is 2. The highest BCUT2D eigenvalue weighted by atomic mass is 19.1. The van der Waals surface area contributed by atoms with Gasteiger partial charge in [-0.15, -0.1) is 0 Å². The SMILES string of the molecule is CCN1CCN(C(=O)c2cncc(O)c2)CC(Cc2ccc(-c3ccccc3F)cc2)C1=O. The van der Waals surface area contributed by atoms with Gasteiger partial charge in [-0.25, -0.2) is 4.39 Å². The third kappa shape index (κ3) is 5.03. The minimum atomic E-state index is -0.402. The van der Waals surface area contributed by atoms with E-state index in [4.69, 9.17) is 0 Å². The summed E-state index contributed by atoms with van der Waals surface area (Å²) < 4.78 is 14.1. The van der Waals surface area contributed by atoms with Gasteiger partial charge in [-0.3, -0.25) is 14.6 Å². The van der Waals surface area contributed by atoms with Crippen molar-refractivity contribution in [3.63, 3.8) is 0 Å². The van der Waals surface area contributed by atoms with Crippen LogP contribution in [0.4, 0.5) is 4.39 Å². The fourth-order valence-corrected chi connectivity index (χ4v) is 4.22. The Hall–Kier alpha value is -3.74. The molecular weight excluding hydrogens is 421 g/mol. The van der Waals surface area contributed by atoms with Crippen molar-refractivity contribution in [3.05, 3.63) is 83.9 Å². The molecule has 2 amide bonds. The maximum Gasteiger partial charge on any atom is 0.255 e. The second-order valence-electron chi connectivity index (χ2n) is 8.18. The minimum absolute atomic E-state index is 0.0139. The molecule has 1 aromatic heterocycles. The van der Waals surface area contributed by atoms with E-state index in [1.54, 1.807) is 28.0 Å². The van der Waals surface area contributed by atoms with Crippen molar-refractivity contribution in [2.45, 2.75) is 13.3 Å². The number of pyridine rings is 1. The average Bonchev–Trinajstić information content (AvgIpc) is 2.98. The van der Waals surface area contributed by atoms with Gasteiger partial charge in [0.15, 0.2) is 0 Å². The highest BCUT2D eigenvalue weighted by molar-refractivity contribution is 5.95. The number of carbonyl (C=O) groups excluding carboxylic acids is 2. The summed E-state index contributed by atoms with van der Waals surface area (Å²) in [6.07, 6.45) is 3.16. The number of benzene rings is 2. The predicted octanol–water partition coefficient (Wildman–Crippen LogP) is 3.76. The van der Waals surface area contributed by atoms with Gasteiger partial charge in [0.2, 0.25) is 5.91 Å². The molecule has 1 unspecified atom stereocenters. The standard InChI is InChI=1S/C26H26FN3O3/c1-2-29-11-12-30(25(32)20-14-22(31)16-28-15-20)17-21(26(29)33)13-18-7-9-19(10-8-18)23-5-3-4-6-24(23)27/h3-10,14-16,21,31H,2,11-13,17H2,1H3. The van der Waals surface area contributed by atoms with Gasteiger partial charge in [0.25, 0.3) is 5.91 Å². The van der Waals surface area contributed by atoms with Crippen molar-refractivity contribution < 1.29 is 19.1 Å². The molecule has 0 spiro atoms. The highest BCUT2D eigenvalue weighted by Crippen LogP contribution is 2.25. The summed E-state index contributed by atoms with van der Waals surface area (Å²) in [5.74, 6) is -1.00. The lowest BCUT2D eigenvalue weighted by molar-refractivity contribution is -0.134. The number of halogens is 1. The zero-order valence-electron chi connectivity index (χ0n) is 18.4. The lowest BCUT2D eigenvalue weighted by Gasteiger charge is -2.23. The van der Waals surface area contributed by atoms with Crippen LogP contribution >= 0.6 is 0 Å². The fraction of sp³-hybridized carbons (Fsp3) is 0.269. The van der Waals surface area contributed by atoms with Crippen LogP contribution in [-0.2, 0) is 11.2 Å². The van der Waals surface area contributed by atoms with E-state index in [0.717, 1.165) is 11.1 Å². The normalized spacial score (nSPS) is 16.5. The Kier molecular flexibility index (Phi) is 6.68. The van der Waals surface area contributed by atoms with Crippen LogP contribution in [0.5, 0.6) is 5.75 Å². The summed E-state index contributed by atoms with van der Waals surface area (Å²) in [5.41, 5.74) is 2.54. The summed E-state index contributed by atoms with van der Waals surface area (Å²) in [4.78, 5) is 33.5. The second kappa shape index (κ2) is 9.81. The highest BCUT2D eigenvalue weighted by Gasteiger charge is 2.32. The van der Waals surface area contributed by atoms with E-state index in [1.807, 2.05) is 31.2 Å². The first kappa shape index (κ1) is 22.5. The van der Waals surface area contributed by atoms with E-state index >= 15 is 0 Å². The first-order chi connectivity index (χ1) is 16.0. The molecule has 1 saturated heterocycles. The number of hydrogen-bond acceptors (Lipinski definition) is 4. The molecule has 170 valence electrons. The molecule has 7 heteroatoms. The molecule has 1 atom stereocenters. The van der Waals surface area contributed by atoms with E-state index in [0.29, 0.717) is 37.2 Å². The van der Waals surface area contributed by atoms with Gasteiger partial charge in [0.05, 0.1) is 17.7 Å². The van der Waals surface area contributed by atoms with E-state index in [-0.39, 0.29) is 29.9 Å². The predicted molar refractivity (Wildman–Crippen MR) is 123 cm³/mol. The van der Waals surface area contributed by atoms with Gasteiger partial charge in [0.1, 0.15) is 11.6 Å². The Balaban J connectivity index is 1.54. The van der Waals surface area contributed by atoms with Gasteiger partial charge < -0.3 is 14.9 Å². The summed E-state index contributed by atoms with van der Waals surface area (Å²) in [5, 5.41) is 9.69. The quantitative estimate of drug-likeness (QED) is 0.647. The van der Waals surface area contributed by atoms with Crippen LogP contribution in [-0.4, -0.2) is 57.9 Å². The molecule has 0 radical (unpaired) electrons. The Morgan fingerprint density at radius 1 is 1.12 bits per heavy atom. The van der Waals surface area contributed by atoms with Gasteiger partial charge in [-0.2, -0.15) is 0 Å². The Morgan fingerprint density at radius 2 is 1.88 bits per heavy atom. The molecule has 2 heterocycles. The molecule has 1 fully saturated rings. The summed E-state index contributed by atoms with van der Waals surface area (Å²) >= 11 is 0. The van der Waals surface area contributed by atoms with Gasteiger partial charge >= 0.3 is 0 Å². The lowest BCUT2D eigenvalue weighted by Crippen LogP contribution is -2.37. The molecule has 0 bridgehead atoms. The number of aromatic hydroxyl groups is 1. The maximum absolute atomic E-state index is 14.1. The number of nitrogens with zero attached hydrogens (tertiary/aromatic N) is 3. The Morgan fingerprint density at radius 3 is 2.58 bits per heavy atom. The number of aromatic nitrogens is 1. The molecule has 4 rings (SSSR count). The number of likely N-dealkylation sites (N-methyl/N-ethyl adjacent to an activating group) is 1. The maximum atomic E-state index is 14.1. The Bertz CT molecular complexity index is 1150. The van der Waals surface area contributed by atoms with Gasteiger partial charge in [-0.1, -0.05) is 42.5 Å². The third-order valence-corrected chi connectivity index (χ3v) is 6.00. The second-order valence-corrected chi connectivity index (χ2v) is 8.18. The molecule has 0 aliphatic carbocycles. The smallest absolute Gasteiger partial charge is 0.255 e. The van der Waals surface area contributed by atoms with Crippen LogP contribution in [0, 0.1) is 11.7 Å². The summed E-state index contributed by atoms with van der Waals surface area (Å²) in [6.45, 7) is 3.64. The summed E-state index contributed by atoms with van der Waals surface area (Å²) in [6, 6.07) is 15.5. The van der Waals surface area contributed by atoms with Crippen molar-refractivity contribution in [3.8, 4) is 16.9 Å². The topological polar surface area (TPSA) is 73.7 Å². The largest absolute Gasteiger partial charge is 0.506 e. The van der Waals surface area contributed by atoms with E-state index in [2.05, 4.69) is 4.98 Å². The lowest BCUT2D eigenvalue weighted by atomic mass is 9.95. The monoisotopic (exact) mass is 447 g/mol. The first-order valence-corrected chi connectivity index (χ1v) is 11.0. The number of hydrogen-bond donors (Lipinski definition) is 1. The molecule has 1 N–H and O–H groups in total. The first-order valence-electron chi connectivity index (χ1n) is 11.0. The molecule has 1 aliphatic rings. The fourth-order valence-electron chi connectivity index (χ4n) is 4.22. The van der Waals surface area contributed by atoms with Crippen LogP contribution in [0.2, 0.25) is 0 Å². The molecule has 3 aromatic rings. The number of rotatable bonds is 5. The van der Waals surface area contributed by atoms with Crippen LogP contribution in [0.15, 0.2) is 67.0 Å². The van der Waals surface area contributed by atoms with Crippen molar-refractivity contribution in [1.29, 1.82) is 0 Å². The zero-order valence-corrected chi connectivity index (χ0v) is 18.4. The molecular formula is C26H26FN3O3.